The van der Waals surface area contributed by atoms with Crippen LogP contribution in [-0.4, -0.2) is 50.4 Å². The van der Waals surface area contributed by atoms with Gasteiger partial charge in [0.05, 0.1) is 18.2 Å². The smallest absolute Gasteiger partial charge is 0.405 e. The van der Waals surface area contributed by atoms with Gasteiger partial charge in [0.15, 0.2) is 6.10 Å². The number of carbonyl (C=O) groups excluding carboxylic acids is 1. The fourth-order valence-electron chi connectivity index (χ4n) is 4.87. The molecule has 0 spiro atoms. The summed E-state index contributed by atoms with van der Waals surface area (Å²) in [5, 5.41) is 26.5. The third-order valence-corrected chi connectivity index (χ3v) is 6.92. The summed E-state index contributed by atoms with van der Waals surface area (Å²) in [6.07, 6.45) is 4.94. The zero-order valence-electron chi connectivity index (χ0n) is 20.4. The van der Waals surface area contributed by atoms with E-state index in [0.717, 1.165) is 31.2 Å². The zero-order valence-corrected chi connectivity index (χ0v) is 20.4. The first-order valence-electron chi connectivity index (χ1n) is 12.2. The van der Waals surface area contributed by atoms with Crippen LogP contribution in [0.3, 0.4) is 0 Å². The van der Waals surface area contributed by atoms with Crippen LogP contribution in [-0.2, 0) is 4.79 Å². The summed E-state index contributed by atoms with van der Waals surface area (Å²) in [7, 11) is 0. The number of hydrogen-bond acceptors (Lipinski definition) is 6. The van der Waals surface area contributed by atoms with Gasteiger partial charge in [0, 0.05) is 17.8 Å². The van der Waals surface area contributed by atoms with E-state index >= 15 is 0 Å². The summed E-state index contributed by atoms with van der Waals surface area (Å²) in [5.74, 6) is -0.604. The molecule has 9 nitrogen and oxygen atoms in total. The first kappa shape index (κ1) is 26.4. The molecule has 1 saturated carbocycles. The fourth-order valence-corrected chi connectivity index (χ4v) is 4.87. The van der Waals surface area contributed by atoms with Crippen molar-refractivity contribution in [1.82, 2.24) is 20.6 Å². The Hall–Kier alpha value is -3.20. The van der Waals surface area contributed by atoms with Gasteiger partial charge >= 0.3 is 12.1 Å². The van der Waals surface area contributed by atoms with E-state index in [1.54, 1.807) is 18.5 Å². The molecule has 1 aliphatic carbocycles. The van der Waals surface area contributed by atoms with Gasteiger partial charge in [-0.3, -0.25) is 4.79 Å². The van der Waals surface area contributed by atoms with E-state index in [-0.39, 0.29) is 25.1 Å². The number of carboxylic acid groups (broad SMARTS) is 1. The average molecular weight is 485 g/mol. The quantitative estimate of drug-likeness (QED) is 0.339. The molecular formula is C26H36N4O5. The van der Waals surface area contributed by atoms with Gasteiger partial charge in [0.2, 0.25) is 0 Å². The lowest BCUT2D eigenvalue weighted by Crippen LogP contribution is -2.64. The van der Waals surface area contributed by atoms with Crippen LogP contribution in [0.2, 0.25) is 0 Å². The van der Waals surface area contributed by atoms with Gasteiger partial charge < -0.3 is 25.6 Å². The normalized spacial score (nSPS) is 17.8. The summed E-state index contributed by atoms with van der Waals surface area (Å²) in [6.45, 7) is 4.10. The number of hydrogen-bond donors (Lipinski definition) is 4. The number of benzene rings is 1. The van der Waals surface area contributed by atoms with Crippen molar-refractivity contribution >= 4 is 12.0 Å². The summed E-state index contributed by atoms with van der Waals surface area (Å²) >= 11 is 0. The van der Waals surface area contributed by atoms with Gasteiger partial charge in [-0.2, -0.15) is 0 Å². The van der Waals surface area contributed by atoms with Gasteiger partial charge in [-0.25, -0.2) is 14.8 Å². The predicted octanol–water partition coefficient (Wildman–Crippen LogP) is 3.85. The minimum atomic E-state index is -1.57. The molecule has 2 aromatic rings. The number of nitrogens with one attached hydrogen (secondary N) is 2. The van der Waals surface area contributed by atoms with Crippen LogP contribution in [0.5, 0.6) is 6.01 Å². The molecule has 1 heterocycles. The fraction of sp³-hybridized carbons (Fsp3) is 0.538. The van der Waals surface area contributed by atoms with Gasteiger partial charge in [-0.15, -0.1) is 0 Å². The lowest BCUT2D eigenvalue weighted by molar-refractivity contribution is -0.137. The molecule has 0 aliphatic heterocycles. The molecule has 1 aliphatic rings. The highest BCUT2D eigenvalue weighted by Crippen LogP contribution is 2.48. The summed E-state index contributed by atoms with van der Waals surface area (Å²) in [4.78, 5) is 33.4. The lowest BCUT2D eigenvalue weighted by Gasteiger charge is -2.49. The zero-order chi connectivity index (χ0) is 25.3. The molecule has 9 heteroatoms. The molecule has 0 bridgehead atoms. The van der Waals surface area contributed by atoms with Crippen LogP contribution in [0.4, 0.5) is 4.79 Å². The van der Waals surface area contributed by atoms with E-state index in [1.165, 1.54) is 0 Å². The Labute approximate surface area is 206 Å². The van der Waals surface area contributed by atoms with E-state index in [1.807, 2.05) is 44.2 Å². The molecule has 2 unspecified atom stereocenters. The number of carbonyl (C=O) groups is 2. The number of aromatic nitrogens is 2. The van der Waals surface area contributed by atoms with Crippen LogP contribution in [0, 0.1) is 5.41 Å². The van der Waals surface area contributed by atoms with Crippen molar-refractivity contribution in [3.05, 3.63) is 54.4 Å². The molecule has 3 atom stereocenters. The second-order valence-electron chi connectivity index (χ2n) is 9.58. The number of aliphatic hydroxyl groups excluding tert-OH is 1. The van der Waals surface area contributed by atoms with E-state index in [4.69, 9.17) is 4.74 Å². The van der Waals surface area contributed by atoms with Gasteiger partial charge in [-0.05, 0) is 44.2 Å². The van der Waals surface area contributed by atoms with Crippen molar-refractivity contribution in [2.45, 2.75) is 76.5 Å². The Bertz CT molecular complexity index is 955. The maximum atomic E-state index is 13.2. The molecular weight excluding hydrogens is 448 g/mol. The number of rotatable bonds is 13. The Morgan fingerprint density at radius 1 is 1.17 bits per heavy atom. The van der Waals surface area contributed by atoms with E-state index < -0.39 is 29.1 Å². The van der Waals surface area contributed by atoms with E-state index in [0.29, 0.717) is 12.8 Å². The highest BCUT2D eigenvalue weighted by molar-refractivity contribution is 5.83. The number of unbranched alkanes of at least 4 members (excludes halogenated alkanes) is 1. The molecule has 3 rings (SSSR count). The summed E-state index contributed by atoms with van der Waals surface area (Å²) in [5.41, 5.74) is -0.865. The molecule has 190 valence electrons. The molecule has 2 amide bonds. The third kappa shape index (κ3) is 6.91. The predicted molar refractivity (Wildman–Crippen MR) is 131 cm³/mol. The second-order valence-corrected chi connectivity index (χ2v) is 9.58. The van der Waals surface area contributed by atoms with E-state index in [9.17, 15) is 19.8 Å². The molecule has 4 N–H and O–H groups in total. The highest BCUT2D eigenvalue weighted by atomic mass is 16.5. The summed E-state index contributed by atoms with van der Waals surface area (Å²) < 4.78 is 5.85. The number of aliphatic hydroxyl groups is 1. The minimum absolute atomic E-state index is 0.249. The van der Waals surface area contributed by atoms with Crippen molar-refractivity contribution in [3.8, 4) is 6.01 Å². The second kappa shape index (κ2) is 12.0. The largest absolute Gasteiger partial charge is 0.465 e. The Kier molecular flexibility index (Phi) is 9.03. The van der Waals surface area contributed by atoms with Crippen molar-refractivity contribution in [2.75, 3.05) is 6.61 Å². The standard InChI is InChI=1S/C26H36N4O5/c1-3-4-14-26(30-24(33)34,21(31)22(32)29-19(2)20-10-6-5-7-11-20)17-25(12-8-13-25)18-35-23-27-15-9-16-28-23/h5-7,9-11,15-16,19,21,30-31H,3-4,8,12-14,17-18H2,1-2H3,(H,29,32)(H,33,34)/t19-,21?,26?/m1/s1. The molecule has 0 saturated heterocycles. The Morgan fingerprint density at radius 3 is 2.43 bits per heavy atom. The maximum Gasteiger partial charge on any atom is 0.405 e. The van der Waals surface area contributed by atoms with Crippen LogP contribution in [0.25, 0.3) is 0 Å². The van der Waals surface area contributed by atoms with E-state index in [2.05, 4.69) is 20.6 Å². The number of ether oxygens (including phenoxy) is 1. The van der Waals surface area contributed by atoms with Crippen LogP contribution in [0.1, 0.15) is 70.4 Å². The average Bonchev–Trinajstić information content (AvgIpc) is 2.84. The van der Waals surface area contributed by atoms with Gasteiger partial charge in [0.1, 0.15) is 0 Å². The van der Waals surface area contributed by atoms with Crippen LogP contribution in [0.15, 0.2) is 48.8 Å². The molecule has 1 aromatic heterocycles. The first-order valence-corrected chi connectivity index (χ1v) is 12.2. The van der Waals surface area contributed by atoms with Gasteiger partial charge in [0.25, 0.3) is 5.91 Å². The van der Waals surface area contributed by atoms with Crippen molar-refractivity contribution in [2.24, 2.45) is 5.41 Å². The van der Waals surface area contributed by atoms with Crippen molar-refractivity contribution in [1.29, 1.82) is 0 Å². The van der Waals surface area contributed by atoms with Crippen molar-refractivity contribution < 1.29 is 24.5 Å². The third-order valence-electron chi connectivity index (χ3n) is 6.92. The lowest BCUT2D eigenvalue weighted by atomic mass is 9.61. The Morgan fingerprint density at radius 2 is 1.86 bits per heavy atom. The summed E-state index contributed by atoms with van der Waals surface area (Å²) in [6, 6.07) is 11.0. The van der Waals surface area contributed by atoms with Gasteiger partial charge in [-0.1, -0.05) is 56.5 Å². The topological polar surface area (TPSA) is 134 Å². The number of amides is 2. The number of nitrogens with zero attached hydrogens (tertiary/aromatic N) is 2. The SMILES string of the molecule is CCCCC(CC1(COc2ncccn2)CCC1)(NC(=O)O)C(O)C(=O)N[C@H](C)c1ccccc1. The van der Waals surface area contributed by atoms with Crippen LogP contribution >= 0.6 is 0 Å². The van der Waals surface area contributed by atoms with Crippen LogP contribution < -0.4 is 15.4 Å². The monoisotopic (exact) mass is 484 g/mol. The first-order chi connectivity index (χ1) is 16.8. The van der Waals surface area contributed by atoms with Crippen molar-refractivity contribution in [3.63, 3.8) is 0 Å². The molecule has 1 fully saturated rings. The minimum Gasteiger partial charge on any atom is -0.465 e. The highest BCUT2D eigenvalue weighted by Gasteiger charge is 2.51. The maximum absolute atomic E-state index is 13.2. The Balaban J connectivity index is 1.83. The molecule has 35 heavy (non-hydrogen) atoms. The molecule has 0 radical (unpaired) electrons. The molecule has 1 aromatic carbocycles.